The number of benzene rings is 1. The van der Waals surface area contributed by atoms with E-state index in [4.69, 9.17) is 17.3 Å². The van der Waals surface area contributed by atoms with E-state index in [0.29, 0.717) is 10.9 Å². The smallest absolute Gasteiger partial charge is 0.227 e. The predicted octanol–water partition coefficient (Wildman–Crippen LogP) is 2.83. The first-order valence-electron chi connectivity index (χ1n) is 4.70. The average Bonchev–Trinajstić information content (AvgIpc) is 2.86. The van der Waals surface area contributed by atoms with Crippen LogP contribution in [0.15, 0.2) is 23.6 Å². The number of hydrogen-bond donors (Lipinski definition) is 1. The zero-order valence-corrected chi connectivity index (χ0v) is 9.96. The fraction of sp³-hybridized carbons (Fsp3) is 0. The molecule has 2 N–H and O–H groups in total. The van der Waals surface area contributed by atoms with E-state index in [9.17, 15) is 4.39 Å². The number of anilines is 1. The number of aromatic nitrogens is 3. The van der Waals surface area contributed by atoms with E-state index in [1.807, 2.05) is 5.38 Å². The molecule has 0 fully saturated rings. The molecule has 0 saturated carbocycles. The number of hydrogen-bond acceptors (Lipinski definition) is 4. The van der Waals surface area contributed by atoms with Crippen molar-refractivity contribution in [1.29, 1.82) is 0 Å². The second kappa shape index (κ2) is 3.68. The molecular weight excluding hydrogens is 263 g/mol. The van der Waals surface area contributed by atoms with Gasteiger partial charge in [-0.1, -0.05) is 11.6 Å². The van der Waals surface area contributed by atoms with Crippen LogP contribution < -0.4 is 5.73 Å². The molecule has 3 aromatic rings. The lowest BCUT2D eigenvalue weighted by molar-refractivity contribution is 0.628. The van der Waals surface area contributed by atoms with Crippen molar-refractivity contribution in [2.24, 2.45) is 0 Å². The van der Waals surface area contributed by atoms with Crippen LogP contribution in [0.2, 0.25) is 5.02 Å². The molecule has 0 aliphatic heterocycles. The number of rotatable bonds is 1. The molecule has 3 rings (SSSR count). The molecule has 0 bridgehead atoms. The van der Waals surface area contributed by atoms with E-state index in [1.165, 1.54) is 17.4 Å². The highest BCUT2D eigenvalue weighted by Gasteiger charge is 2.12. The number of nitrogen functional groups attached to an aromatic ring is 1. The van der Waals surface area contributed by atoms with Crippen LogP contribution in [0.25, 0.3) is 16.2 Å². The Hall–Kier alpha value is -1.66. The molecule has 0 atom stereocenters. The van der Waals surface area contributed by atoms with Crippen molar-refractivity contribution < 1.29 is 4.39 Å². The molecule has 0 aliphatic carbocycles. The lowest BCUT2D eigenvalue weighted by Gasteiger charge is -2.01. The highest BCUT2D eigenvalue weighted by molar-refractivity contribution is 7.15. The van der Waals surface area contributed by atoms with Gasteiger partial charge in [0, 0.05) is 10.9 Å². The van der Waals surface area contributed by atoms with E-state index in [-0.39, 0.29) is 5.02 Å². The molecule has 4 nitrogen and oxygen atoms in total. The van der Waals surface area contributed by atoms with Gasteiger partial charge in [0.2, 0.25) is 10.9 Å². The normalized spacial score (nSPS) is 11.2. The predicted molar refractivity (Wildman–Crippen MR) is 65.7 cm³/mol. The minimum absolute atomic E-state index is 0.0773. The number of halogens is 2. The standard InChI is InChI=1S/C10H6ClFN4S/c11-6-3-5(1-2-7(6)12)8-4-17-10-15-14-9(13)16(8)10/h1-4H,(H2,13,14). The highest BCUT2D eigenvalue weighted by Crippen LogP contribution is 2.29. The SMILES string of the molecule is Nc1nnc2scc(-c3ccc(F)c(Cl)c3)n12. The maximum Gasteiger partial charge on any atom is 0.227 e. The molecule has 2 heterocycles. The molecule has 2 aromatic heterocycles. The fourth-order valence-corrected chi connectivity index (χ4v) is 2.62. The minimum atomic E-state index is -0.446. The highest BCUT2D eigenvalue weighted by atomic mass is 35.5. The van der Waals surface area contributed by atoms with Gasteiger partial charge in [0.25, 0.3) is 0 Å². The Morgan fingerprint density at radius 3 is 2.94 bits per heavy atom. The molecule has 7 heteroatoms. The van der Waals surface area contributed by atoms with Gasteiger partial charge in [-0.3, -0.25) is 4.40 Å². The third kappa shape index (κ3) is 1.57. The van der Waals surface area contributed by atoms with Crippen molar-refractivity contribution in [2.75, 3.05) is 5.73 Å². The van der Waals surface area contributed by atoms with Crippen LogP contribution in [0.3, 0.4) is 0 Å². The zero-order chi connectivity index (χ0) is 12.0. The number of thiazole rings is 1. The summed E-state index contributed by atoms with van der Waals surface area (Å²) in [5, 5.41) is 9.64. The van der Waals surface area contributed by atoms with Crippen molar-refractivity contribution in [1.82, 2.24) is 14.6 Å². The molecule has 0 aliphatic rings. The second-order valence-electron chi connectivity index (χ2n) is 3.43. The summed E-state index contributed by atoms with van der Waals surface area (Å²) in [5.74, 6) is -0.143. The van der Waals surface area contributed by atoms with Gasteiger partial charge in [-0.05, 0) is 18.2 Å². The van der Waals surface area contributed by atoms with Gasteiger partial charge in [-0.25, -0.2) is 4.39 Å². The Kier molecular flexibility index (Phi) is 2.27. The third-order valence-corrected chi connectivity index (χ3v) is 3.50. The van der Waals surface area contributed by atoms with Gasteiger partial charge in [0.1, 0.15) is 5.82 Å². The van der Waals surface area contributed by atoms with Crippen LogP contribution in [0.1, 0.15) is 0 Å². The van der Waals surface area contributed by atoms with Crippen molar-refractivity contribution >= 4 is 33.8 Å². The van der Waals surface area contributed by atoms with Gasteiger partial charge in [-0.2, -0.15) is 0 Å². The van der Waals surface area contributed by atoms with Crippen LogP contribution in [-0.4, -0.2) is 14.6 Å². The Balaban J connectivity index is 2.26. The van der Waals surface area contributed by atoms with Gasteiger partial charge in [0.05, 0.1) is 10.7 Å². The van der Waals surface area contributed by atoms with Crippen LogP contribution in [0, 0.1) is 5.82 Å². The summed E-state index contributed by atoms with van der Waals surface area (Å²) in [7, 11) is 0. The summed E-state index contributed by atoms with van der Waals surface area (Å²) in [6, 6.07) is 4.52. The Bertz CT molecular complexity index is 705. The van der Waals surface area contributed by atoms with Gasteiger partial charge < -0.3 is 5.73 Å². The molecule has 1 aromatic carbocycles. The summed E-state index contributed by atoms with van der Waals surface area (Å²) in [5.41, 5.74) is 7.29. The van der Waals surface area contributed by atoms with E-state index in [1.54, 1.807) is 16.5 Å². The molecule has 0 radical (unpaired) electrons. The van der Waals surface area contributed by atoms with E-state index < -0.39 is 5.82 Å². The lowest BCUT2D eigenvalue weighted by Crippen LogP contribution is -1.95. The maximum absolute atomic E-state index is 13.1. The van der Waals surface area contributed by atoms with Crippen molar-refractivity contribution in [3.63, 3.8) is 0 Å². The molecule has 0 amide bonds. The fourth-order valence-electron chi connectivity index (χ4n) is 1.60. The first-order valence-corrected chi connectivity index (χ1v) is 5.96. The molecule has 0 saturated heterocycles. The van der Waals surface area contributed by atoms with Crippen molar-refractivity contribution in [2.45, 2.75) is 0 Å². The largest absolute Gasteiger partial charge is 0.368 e. The topological polar surface area (TPSA) is 56.2 Å². The lowest BCUT2D eigenvalue weighted by atomic mass is 10.2. The average molecular weight is 269 g/mol. The summed E-state index contributed by atoms with van der Waals surface area (Å²) in [6.07, 6.45) is 0. The molecule has 17 heavy (non-hydrogen) atoms. The van der Waals surface area contributed by atoms with Crippen molar-refractivity contribution in [3.05, 3.63) is 34.4 Å². The van der Waals surface area contributed by atoms with Gasteiger partial charge >= 0.3 is 0 Å². The quantitative estimate of drug-likeness (QED) is 0.738. The van der Waals surface area contributed by atoms with Crippen LogP contribution in [-0.2, 0) is 0 Å². The maximum atomic E-state index is 13.1. The monoisotopic (exact) mass is 268 g/mol. The summed E-state index contributed by atoms with van der Waals surface area (Å²) < 4.78 is 14.8. The van der Waals surface area contributed by atoms with Crippen LogP contribution in [0.5, 0.6) is 0 Å². The summed E-state index contributed by atoms with van der Waals surface area (Å²) in [6.45, 7) is 0. The van der Waals surface area contributed by atoms with Crippen LogP contribution >= 0.6 is 22.9 Å². The van der Waals surface area contributed by atoms with Gasteiger partial charge in [-0.15, -0.1) is 21.5 Å². The minimum Gasteiger partial charge on any atom is -0.368 e. The molecule has 86 valence electrons. The third-order valence-electron chi connectivity index (χ3n) is 2.39. The zero-order valence-electron chi connectivity index (χ0n) is 8.39. The van der Waals surface area contributed by atoms with Gasteiger partial charge in [0.15, 0.2) is 0 Å². The van der Waals surface area contributed by atoms with E-state index >= 15 is 0 Å². The molecule has 0 unspecified atom stereocenters. The molecular formula is C10H6ClFN4S. The number of nitrogens with two attached hydrogens (primary N) is 1. The van der Waals surface area contributed by atoms with E-state index in [0.717, 1.165) is 11.3 Å². The Morgan fingerprint density at radius 1 is 1.35 bits per heavy atom. The first kappa shape index (κ1) is 10.5. The van der Waals surface area contributed by atoms with E-state index in [2.05, 4.69) is 10.2 Å². The van der Waals surface area contributed by atoms with Crippen molar-refractivity contribution in [3.8, 4) is 11.3 Å². The number of nitrogens with zero attached hydrogens (tertiary/aromatic N) is 3. The summed E-state index contributed by atoms with van der Waals surface area (Å²) >= 11 is 7.16. The summed E-state index contributed by atoms with van der Waals surface area (Å²) in [4.78, 5) is 0.693. The Labute approximate surface area is 104 Å². The molecule has 0 spiro atoms. The number of fused-ring (bicyclic) bond motifs is 1. The second-order valence-corrected chi connectivity index (χ2v) is 4.67. The Morgan fingerprint density at radius 2 is 2.18 bits per heavy atom. The first-order chi connectivity index (χ1) is 8.16. The van der Waals surface area contributed by atoms with Crippen LogP contribution in [0.4, 0.5) is 10.3 Å².